The monoisotopic (exact) mass is 252 g/mol. The van der Waals surface area contributed by atoms with Gasteiger partial charge in [0.1, 0.15) is 0 Å². The molecule has 0 amide bonds. The van der Waals surface area contributed by atoms with Gasteiger partial charge in [0, 0.05) is 30.1 Å². The Morgan fingerprint density at radius 2 is 2.26 bits per heavy atom. The standard InChI is InChI=1S/C16H16N2O/c1-11-15(12(2)19)14-7-3-4-9-18(14)16(11)13-6-5-8-17-10-13/h3,5-8,10H,4,9H2,1-2H3. The Bertz CT molecular complexity index is 666. The predicted molar refractivity (Wildman–Crippen MR) is 76.1 cm³/mol. The fourth-order valence-electron chi connectivity index (χ4n) is 2.89. The lowest BCUT2D eigenvalue weighted by atomic mass is 10.0. The van der Waals surface area contributed by atoms with Crippen molar-refractivity contribution in [2.45, 2.75) is 26.8 Å². The van der Waals surface area contributed by atoms with Crippen LogP contribution in [0.2, 0.25) is 0 Å². The van der Waals surface area contributed by atoms with Crippen LogP contribution in [0.4, 0.5) is 0 Å². The number of Topliss-reactive ketones (excluding diaryl/α,β-unsaturated/α-hetero) is 1. The summed E-state index contributed by atoms with van der Waals surface area (Å²) < 4.78 is 2.24. The third kappa shape index (κ3) is 1.82. The maximum absolute atomic E-state index is 11.9. The van der Waals surface area contributed by atoms with Crippen molar-refractivity contribution >= 4 is 11.9 Å². The van der Waals surface area contributed by atoms with E-state index < -0.39 is 0 Å². The van der Waals surface area contributed by atoms with Crippen molar-refractivity contribution in [3.8, 4) is 11.3 Å². The van der Waals surface area contributed by atoms with Gasteiger partial charge >= 0.3 is 0 Å². The molecule has 0 radical (unpaired) electrons. The zero-order chi connectivity index (χ0) is 13.4. The van der Waals surface area contributed by atoms with E-state index in [1.165, 1.54) is 0 Å². The van der Waals surface area contributed by atoms with Gasteiger partial charge < -0.3 is 4.57 Å². The maximum atomic E-state index is 11.9. The van der Waals surface area contributed by atoms with Crippen LogP contribution < -0.4 is 0 Å². The highest BCUT2D eigenvalue weighted by molar-refractivity contribution is 6.01. The van der Waals surface area contributed by atoms with Crippen molar-refractivity contribution in [2.75, 3.05) is 0 Å². The molecule has 0 unspecified atom stereocenters. The van der Waals surface area contributed by atoms with Crippen molar-refractivity contribution in [3.63, 3.8) is 0 Å². The molecule has 0 spiro atoms. The van der Waals surface area contributed by atoms with Crippen LogP contribution in [-0.2, 0) is 6.54 Å². The predicted octanol–water partition coefficient (Wildman–Crippen LogP) is 3.48. The van der Waals surface area contributed by atoms with Gasteiger partial charge in [-0.15, -0.1) is 0 Å². The largest absolute Gasteiger partial charge is 0.340 e. The first-order valence-corrected chi connectivity index (χ1v) is 6.51. The zero-order valence-corrected chi connectivity index (χ0v) is 11.2. The molecule has 3 nitrogen and oxygen atoms in total. The van der Waals surface area contributed by atoms with E-state index >= 15 is 0 Å². The first-order valence-electron chi connectivity index (χ1n) is 6.51. The van der Waals surface area contributed by atoms with Crippen LogP contribution in [0.25, 0.3) is 17.3 Å². The molecule has 3 heteroatoms. The molecular formula is C16H16N2O. The Labute approximate surface area is 112 Å². The van der Waals surface area contributed by atoms with Gasteiger partial charge in [-0.1, -0.05) is 6.08 Å². The summed E-state index contributed by atoms with van der Waals surface area (Å²) >= 11 is 0. The number of ketones is 1. The first-order chi connectivity index (χ1) is 9.20. The molecule has 0 N–H and O–H groups in total. The highest BCUT2D eigenvalue weighted by Gasteiger charge is 2.23. The van der Waals surface area contributed by atoms with Crippen molar-refractivity contribution < 1.29 is 4.79 Å². The summed E-state index contributed by atoms with van der Waals surface area (Å²) in [6, 6.07) is 3.98. The van der Waals surface area contributed by atoms with Crippen LogP contribution in [0.3, 0.4) is 0 Å². The number of hydrogen-bond acceptors (Lipinski definition) is 2. The summed E-state index contributed by atoms with van der Waals surface area (Å²) in [5, 5.41) is 0. The quantitative estimate of drug-likeness (QED) is 0.767. The summed E-state index contributed by atoms with van der Waals surface area (Å²) in [5.41, 5.74) is 5.13. The SMILES string of the molecule is CC(=O)c1c(C)c(-c2cccnc2)n2c1C=CCC2. The van der Waals surface area contributed by atoms with E-state index in [0.29, 0.717) is 0 Å². The Hall–Kier alpha value is -2.16. The average molecular weight is 252 g/mol. The van der Waals surface area contributed by atoms with Crippen molar-refractivity contribution in [1.29, 1.82) is 0 Å². The minimum atomic E-state index is 0.128. The lowest BCUT2D eigenvalue weighted by molar-refractivity contribution is 0.101. The smallest absolute Gasteiger partial charge is 0.162 e. The summed E-state index contributed by atoms with van der Waals surface area (Å²) in [4.78, 5) is 16.1. The van der Waals surface area contributed by atoms with Gasteiger partial charge in [-0.2, -0.15) is 0 Å². The van der Waals surface area contributed by atoms with E-state index in [9.17, 15) is 4.79 Å². The molecule has 0 aliphatic carbocycles. The highest BCUT2D eigenvalue weighted by Crippen LogP contribution is 2.34. The lowest BCUT2D eigenvalue weighted by Crippen LogP contribution is -2.06. The molecule has 3 heterocycles. The van der Waals surface area contributed by atoms with Crippen LogP contribution in [0, 0.1) is 6.92 Å². The molecule has 1 aliphatic heterocycles. The van der Waals surface area contributed by atoms with E-state index in [2.05, 4.69) is 21.7 Å². The van der Waals surface area contributed by atoms with Crippen LogP contribution in [0.15, 0.2) is 30.6 Å². The first kappa shape index (κ1) is 11.9. The zero-order valence-electron chi connectivity index (χ0n) is 11.2. The third-order valence-electron chi connectivity index (χ3n) is 3.63. The van der Waals surface area contributed by atoms with Gasteiger partial charge in [0.25, 0.3) is 0 Å². The van der Waals surface area contributed by atoms with Gasteiger partial charge in [0.05, 0.1) is 11.4 Å². The summed E-state index contributed by atoms with van der Waals surface area (Å²) in [6.45, 7) is 4.58. The van der Waals surface area contributed by atoms with Crippen LogP contribution in [-0.4, -0.2) is 15.3 Å². The van der Waals surface area contributed by atoms with Crippen molar-refractivity contribution in [1.82, 2.24) is 9.55 Å². The van der Waals surface area contributed by atoms with Crippen LogP contribution in [0.1, 0.15) is 35.0 Å². The summed E-state index contributed by atoms with van der Waals surface area (Å²) in [7, 11) is 0. The molecule has 19 heavy (non-hydrogen) atoms. The number of allylic oxidation sites excluding steroid dienone is 1. The average Bonchev–Trinajstić information content (AvgIpc) is 2.71. The van der Waals surface area contributed by atoms with E-state index in [4.69, 9.17) is 0 Å². The number of aromatic nitrogens is 2. The molecule has 0 atom stereocenters. The second-order valence-corrected chi connectivity index (χ2v) is 4.87. The second-order valence-electron chi connectivity index (χ2n) is 4.87. The van der Waals surface area contributed by atoms with E-state index in [-0.39, 0.29) is 5.78 Å². The van der Waals surface area contributed by atoms with E-state index in [1.807, 2.05) is 25.3 Å². The summed E-state index contributed by atoms with van der Waals surface area (Å²) in [6.07, 6.45) is 8.83. The molecule has 0 aromatic carbocycles. The summed E-state index contributed by atoms with van der Waals surface area (Å²) in [5.74, 6) is 0.128. The number of fused-ring (bicyclic) bond motifs is 1. The Balaban J connectivity index is 2.32. The van der Waals surface area contributed by atoms with Gasteiger partial charge in [-0.3, -0.25) is 9.78 Å². The molecular weight excluding hydrogens is 236 g/mol. The number of rotatable bonds is 2. The Morgan fingerprint density at radius 3 is 2.95 bits per heavy atom. The molecule has 1 aliphatic rings. The molecule has 96 valence electrons. The van der Waals surface area contributed by atoms with Gasteiger partial charge in [0.15, 0.2) is 5.78 Å². The van der Waals surface area contributed by atoms with E-state index in [0.717, 1.165) is 41.0 Å². The molecule has 3 rings (SSSR count). The van der Waals surface area contributed by atoms with Crippen LogP contribution in [0.5, 0.6) is 0 Å². The van der Waals surface area contributed by atoms with Gasteiger partial charge in [0.2, 0.25) is 0 Å². The molecule has 2 aromatic rings. The second kappa shape index (κ2) is 4.50. The Morgan fingerprint density at radius 1 is 1.42 bits per heavy atom. The number of carbonyl (C=O) groups excluding carboxylic acids is 1. The molecule has 0 saturated heterocycles. The number of nitrogens with zero attached hydrogens (tertiary/aromatic N) is 2. The normalized spacial score (nSPS) is 13.4. The minimum absolute atomic E-state index is 0.128. The number of hydrogen-bond donors (Lipinski definition) is 0. The number of pyridine rings is 1. The molecule has 0 fully saturated rings. The molecule has 0 saturated carbocycles. The lowest BCUT2D eigenvalue weighted by Gasteiger charge is -2.14. The topological polar surface area (TPSA) is 34.9 Å². The molecule has 2 aromatic heterocycles. The van der Waals surface area contributed by atoms with Crippen molar-refractivity contribution in [3.05, 3.63) is 47.4 Å². The minimum Gasteiger partial charge on any atom is -0.340 e. The maximum Gasteiger partial charge on any atom is 0.162 e. The number of carbonyl (C=O) groups is 1. The fourth-order valence-corrected chi connectivity index (χ4v) is 2.89. The Kier molecular flexibility index (Phi) is 2.82. The molecule has 0 bridgehead atoms. The highest BCUT2D eigenvalue weighted by atomic mass is 16.1. The van der Waals surface area contributed by atoms with Gasteiger partial charge in [-0.25, -0.2) is 0 Å². The van der Waals surface area contributed by atoms with E-state index in [1.54, 1.807) is 13.1 Å². The third-order valence-corrected chi connectivity index (χ3v) is 3.63. The van der Waals surface area contributed by atoms with Crippen LogP contribution >= 0.6 is 0 Å². The fraction of sp³-hybridized carbons (Fsp3) is 0.250. The van der Waals surface area contributed by atoms with Gasteiger partial charge in [-0.05, 0) is 44.0 Å². The van der Waals surface area contributed by atoms with Crippen molar-refractivity contribution in [2.24, 2.45) is 0 Å².